The highest BCUT2D eigenvalue weighted by molar-refractivity contribution is 6.30. The molecule has 1 atom stereocenters. The van der Waals surface area contributed by atoms with Crippen LogP contribution < -0.4 is 9.47 Å². The van der Waals surface area contributed by atoms with Gasteiger partial charge in [0.25, 0.3) is 0 Å². The van der Waals surface area contributed by atoms with Crippen LogP contribution in [0.3, 0.4) is 0 Å². The number of methoxy groups -OCH3 is 2. The van der Waals surface area contributed by atoms with E-state index in [1.54, 1.807) is 14.2 Å². The predicted octanol–water partition coefficient (Wildman–Crippen LogP) is 4.09. The maximum absolute atomic E-state index is 12.3. The van der Waals surface area contributed by atoms with Crippen LogP contribution in [0.15, 0.2) is 42.5 Å². The number of hydrogen-bond donors (Lipinski definition) is 0. The fourth-order valence-corrected chi connectivity index (χ4v) is 3.41. The molecule has 3 rings (SSSR count). The van der Waals surface area contributed by atoms with E-state index < -0.39 is 0 Å². The van der Waals surface area contributed by atoms with E-state index in [2.05, 4.69) is 0 Å². The minimum atomic E-state index is 0.196. The summed E-state index contributed by atoms with van der Waals surface area (Å²) in [5, 5.41) is 0.707. The lowest BCUT2D eigenvalue weighted by molar-refractivity contribution is -0.129. The van der Waals surface area contributed by atoms with Crippen molar-refractivity contribution in [2.45, 2.75) is 31.8 Å². The summed E-state index contributed by atoms with van der Waals surface area (Å²) in [6, 6.07) is 13.8. The fraction of sp³-hybridized carbons (Fsp3) is 0.350. The third kappa shape index (κ3) is 4.07. The Morgan fingerprint density at radius 1 is 1.04 bits per heavy atom. The molecule has 0 radical (unpaired) electrons. The monoisotopic (exact) mass is 359 g/mol. The highest BCUT2D eigenvalue weighted by atomic mass is 35.5. The Labute approximate surface area is 153 Å². The standard InChI is InChI=1S/C20H22ClNO3/c1-24-18-9-5-15(12-19(18)25-2)11-17-8-10-20(23)22(17)13-14-3-6-16(21)7-4-14/h3-7,9,12,17H,8,10-11,13H2,1-2H3/t17-/m0/s1. The van der Waals surface area contributed by atoms with Crippen molar-refractivity contribution in [3.63, 3.8) is 0 Å². The highest BCUT2D eigenvalue weighted by Crippen LogP contribution is 2.30. The van der Waals surface area contributed by atoms with Crippen molar-refractivity contribution >= 4 is 17.5 Å². The number of likely N-dealkylation sites (tertiary alicyclic amines) is 1. The topological polar surface area (TPSA) is 38.8 Å². The minimum absolute atomic E-state index is 0.196. The molecule has 4 nitrogen and oxygen atoms in total. The summed E-state index contributed by atoms with van der Waals surface area (Å²) < 4.78 is 10.7. The zero-order valence-electron chi connectivity index (χ0n) is 14.5. The zero-order valence-corrected chi connectivity index (χ0v) is 15.3. The van der Waals surface area contributed by atoms with Crippen LogP contribution in [0, 0.1) is 0 Å². The molecule has 2 aromatic carbocycles. The van der Waals surface area contributed by atoms with E-state index >= 15 is 0 Å². The van der Waals surface area contributed by atoms with Crippen LogP contribution >= 0.6 is 11.6 Å². The van der Waals surface area contributed by atoms with E-state index in [4.69, 9.17) is 21.1 Å². The number of ether oxygens (including phenoxy) is 2. The van der Waals surface area contributed by atoms with Crippen molar-refractivity contribution in [1.82, 2.24) is 4.90 Å². The van der Waals surface area contributed by atoms with Crippen LogP contribution in [0.4, 0.5) is 0 Å². The first-order valence-electron chi connectivity index (χ1n) is 8.35. The first-order chi connectivity index (χ1) is 12.1. The molecule has 1 amide bonds. The third-order valence-corrected chi connectivity index (χ3v) is 4.89. The lowest BCUT2D eigenvalue weighted by Crippen LogP contribution is -2.33. The molecule has 0 spiro atoms. The van der Waals surface area contributed by atoms with Crippen LogP contribution in [0.5, 0.6) is 11.5 Å². The number of rotatable bonds is 6. The number of halogens is 1. The lowest BCUT2D eigenvalue weighted by Gasteiger charge is -2.25. The summed E-state index contributed by atoms with van der Waals surface area (Å²) in [4.78, 5) is 14.3. The molecule has 1 saturated heterocycles. The molecule has 0 saturated carbocycles. The van der Waals surface area contributed by atoms with Gasteiger partial charge in [-0.25, -0.2) is 0 Å². The number of carbonyl (C=O) groups is 1. The third-order valence-electron chi connectivity index (χ3n) is 4.64. The summed E-state index contributed by atoms with van der Waals surface area (Å²) in [6.45, 7) is 0.619. The number of hydrogen-bond acceptors (Lipinski definition) is 3. The molecule has 5 heteroatoms. The highest BCUT2D eigenvalue weighted by Gasteiger charge is 2.31. The Hall–Kier alpha value is -2.20. The van der Waals surface area contributed by atoms with Crippen molar-refractivity contribution in [3.05, 3.63) is 58.6 Å². The number of benzene rings is 2. The minimum Gasteiger partial charge on any atom is -0.493 e. The van der Waals surface area contributed by atoms with Crippen LogP contribution in [0.25, 0.3) is 0 Å². The Bertz CT molecular complexity index is 745. The first kappa shape index (κ1) is 17.6. The van der Waals surface area contributed by atoms with Crippen LogP contribution in [-0.2, 0) is 17.8 Å². The van der Waals surface area contributed by atoms with Gasteiger partial charge in [0.05, 0.1) is 14.2 Å². The van der Waals surface area contributed by atoms with Gasteiger partial charge in [0.1, 0.15) is 0 Å². The maximum Gasteiger partial charge on any atom is 0.223 e. The molecule has 2 aromatic rings. The van der Waals surface area contributed by atoms with Gasteiger partial charge in [-0.15, -0.1) is 0 Å². The van der Waals surface area contributed by atoms with Crippen molar-refractivity contribution in [3.8, 4) is 11.5 Å². The van der Waals surface area contributed by atoms with Crippen molar-refractivity contribution < 1.29 is 14.3 Å². The molecule has 1 aliphatic heterocycles. The van der Waals surface area contributed by atoms with E-state index in [0.29, 0.717) is 29.5 Å². The SMILES string of the molecule is COc1ccc(C[C@@H]2CCC(=O)N2Cc2ccc(Cl)cc2)cc1OC. The summed E-state index contributed by atoms with van der Waals surface area (Å²) in [6.07, 6.45) is 2.28. The largest absolute Gasteiger partial charge is 0.493 e. The van der Waals surface area contributed by atoms with Crippen LogP contribution in [0.1, 0.15) is 24.0 Å². The van der Waals surface area contributed by atoms with Gasteiger partial charge in [-0.2, -0.15) is 0 Å². The van der Waals surface area contributed by atoms with E-state index in [0.717, 1.165) is 24.0 Å². The second kappa shape index (κ2) is 7.79. The molecule has 0 N–H and O–H groups in total. The van der Waals surface area contributed by atoms with Gasteiger partial charge in [0, 0.05) is 24.0 Å². The van der Waals surface area contributed by atoms with E-state index in [-0.39, 0.29) is 11.9 Å². The fourth-order valence-electron chi connectivity index (χ4n) is 3.29. The average Bonchev–Trinajstić information content (AvgIpc) is 2.96. The maximum atomic E-state index is 12.3. The molecule has 0 bridgehead atoms. The second-order valence-electron chi connectivity index (χ2n) is 6.23. The average molecular weight is 360 g/mol. The molecule has 1 heterocycles. The Balaban J connectivity index is 1.74. The quantitative estimate of drug-likeness (QED) is 0.779. The van der Waals surface area contributed by atoms with Gasteiger partial charge in [-0.05, 0) is 48.2 Å². The Morgan fingerprint density at radius 3 is 2.40 bits per heavy atom. The first-order valence-corrected chi connectivity index (χ1v) is 8.73. The van der Waals surface area contributed by atoms with Crippen molar-refractivity contribution in [1.29, 1.82) is 0 Å². The molecular weight excluding hydrogens is 338 g/mol. The molecule has 0 aromatic heterocycles. The van der Waals surface area contributed by atoms with Crippen molar-refractivity contribution in [2.75, 3.05) is 14.2 Å². The Kier molecular flexibility index (Phi) is 5.49. The van der Waals surface area contributed by atoms with Gasteiger partial charge >= 0.3 is 0 Å². The summed E-state index contributed by atoms with van der Waals surface area (Å²) in [7, 11) is 3.26. The van der Waals surface area contributed by atoms with Gasteiger partial charge in [-0.3, -0.25) is 4.79 Å². The predicted molar refractivity (Wildman–Crippen MR) is 98.3 cm³/mol. The molecular formula is C20H22ClNO3. The van der Waals surface area contributed by atoms with Gasteiger partial charge in [0.15, 0.2) is 11.5 Å². The Morgan fingerprint density at radius 2 is 1.72 bits per heavy atom. The molecule has 1 aliphatic rings. The second-order valence-corrected chi connectivity index (χ2v) is 6.67. The van der Waals surface area contributed by atoms with Crippen molar-refractivity contribution in [2.24, 2.45) is 0 Å². The molecule has 25 heavy (non-hydrogen) atoms. The number of nitrogens with zero attached hydrogens (tertiary/aromatic N) is 1. The number of carbonyl (C=O) groups excluding carboxylic acids is 1. The van der Waals surface area contributed by atoms with Gasteiger partial charge < -0.3 is 14.4 Å². The summed E-state index contributed by atoms with van der Waals surface area (Å²) in [5.41, 5.74) is 2.23. The van der Waals surface area contributed by atoms with E-state index in [1.807, 2.05) is 47.4 Å². The van der Waals surface area contributed by atoms with E-state index in [9.17, 15) is 4.79 Å². The summed E-state index contributed by atoms with van der Waals surface area (Å²) >= 11 is 5.94. The van der Waals surface area contributed by atoms with Crippen LogP contribution in [0.2, 0.25) is 5.02 Å². The number of amides is 1. The molecule has 132 valence electrons. The molecule has 0 aliphatic carbocycles. The van der Waals surface area contributed by atoms with Crippen LogP contribution in [-0.4, -0.2) is 31.1 Å². The molecule has 0 unspecified atom stereocenters. The summed E-state index contributed by atoms with van der Waals surface area (Å²) in [5.74, 6) is 1.64. The lowest BCUT2D eigenvalue weighted by atomic mass is 10.0. The molecule has 1 fully saturated rings. The van der Waals surface area contributed by atoms with Gasteiger partial charge in [-0.1, -0.05) is 29.8 Å². The normalized spacial score (nSPS) is 17.0. The van der Waals surface area contributed by atoms with E-state index in [1.165, 1.54) is 0 Å². The zero-order chi connectivity index (χ0) is 17.8. The smallest absolute Gasteiger partial charge is 0.223 e. The van der Waals surface area contributed by atoms with Gasteiger partial charge in [0.2, 0.25) is 5.91 Å².